The predicted octanol–water partition coefficient (Wildman–Crippen LogP) is 4.10. The van der Waals surface area contributed by atoms with Crippen LogP contribution in [-0.4, -0.2) is 49.4 Å². The first-order valence-corrected chi connectivity index (χ1v) is 11.0. The smallest absolute Gasteiger partial charge is 0.406 e. The van der Waals surface area contributed by atoms with Crippen molar-refractivity contribution < 1.29 is 42.2 Å². The Morgan fingerprint density at radius 3 is 2.46 bits per heavy atom. The van der Waals surface area contributed by atoms with Crippen LogP contribution < -0.4 is 15.5 Å². The molecule has 0 heterocycles. The first-order valence-electron chi connectivity index (χ1n) is 10.6. The highest BCUT2D eigenvalue weighted by Crippen LogP contribution is 2.25. The first-order chi connectivity index (χ1) is 16.6. The van der Waals surface area contributed by atoms with E-state index in [1.807, 2.05) is 0 Å². The molecule has 0 unspecified atom stereocenters. The van der Waals surface area contributed by atoms with E-state index in [4.69, 9.17) is 21.1 Å². The molecule has 2 aromatic rings. The van der Waals surface area contributed by atoms with Gasteiger partial charge in [0.05, 0.1) is 12.6 Å². The van der Waals surface area contributed by atoms with Crippen molar-refractivity contribution in [3.05, 3.63) is 64.7 Å². The number of carbonyl (C=O) groups is 2. The fourth-order valence-electron chi connectivity index (χ4n) is 3.24. The second-order valence-corrected chi connectivity index (χ2v) is 7.90. The van der Waals surface area contributed by atoms with Gasteiger partial charge in [0.1, 0.15) is 12.5 Å². The number of nitrogens with one attached hydrogen (secondary N) is 2. The lowest BCUT2D eigenvalue weighted by Gasteiger charge is -2.24. The summed E-state index contributed by atoms with van der Waals surface area (Å²) in [5.74, 6) is -2.59. The Kier molecular flexibility index (Phi) is 11.3. The molecule has 0 aliphatic carbocycles. The zero-order chi connectivity index (χ0) is 25.8. The van der Waals surface area contributed by atoms with Crippen molar-refractivity contribution in [1.82, 2.24) is 10.8 Å². The summed E-state index contributed by atoms with van der Waals surface area (Å²) in [7, 11) is 0. The van der Waals surface area contributed by atoms with Crippen molar-refractivity contribution >= 4 is 23.4 Å². The topological polar surface area (TPSA) is 106 Å². The molecular formula is C23H26ClF3N2O6. The van der Waals surface area contributed by atoms with Crippen LogP contribution >= 0.6 is 11.6 Å². The second-order valence-electron chi connectivity index (χ2n) is 7.47. The highest BCUT2D eigenvalue weighted by Gasteiger charge is 2.31. The van der Waals surface area contributed by atoms with E-state index in [0.717, 1.165) is 12.1 Å². The maximum atomic E-state index is 12.7. The molecule has 0 spiro atoms. The average Bonchev–Trinajstić information content (AvgIpc) is 2.80. The lowest BCUT2D eigenvalue weighted by Crippen LogP contribution is -2.42. The third kappa shape index (κ3) is 10.5. The zero-order valence-corrected chi connectivity index (χ0v) is 19.6. The van der Waals surface area contributed by atoms with Gasteiger partial charge in [0.15, 0.2) is 0 Å². The summed E-state index contributed by atoms with van der Waals surface area (Å²) < 4.78 is 52.2. The largest absolute Gasteiger partial charge is 0.573 e. The van der Waals surface area contributed by atoms with E-state index in [-0.39, 0.29) is 26.2 Å². The fourth-order valence-corrected chi connectivity index (χ4v) is 3.37. The van der Waals surface area contributed by atoms with E-state index in [1.54, 1.807) is 24.5 Å². The number of alkyl halides is 3. The molecule has 0 saturated heterocycles. The third-order valence-corrected chi connectivity index (χ3v) is 5.05. The van der Waals surface area contributed by atoms with E-state index in [1.165, 1.54) is 24.3 Å². The van der Waals surface area contributed by atoms with E-state index in [0.29, 0.717) is 22.8 Å². The van der Waals surface area contributed by atoms with E-state index >= 15 is 0 Å². The third-order valence-electron chi connectivity index (χ3n) is 4.80. The van der Waals surface area contributed by atoms with Gasteiger partial charge in [-0.05, 0) is 61.7 Å². The second kappa shape index (κ2) is 13.9. The van der Waals surface area contributed by atoms with Crippen molar-refractivity contribution in [1.29, 1.82) is 0 Å². The van der Waals surface area contributed by atoms with Gasteiger partial charge >= 0.3 is 6.36 Å². The lowest BCUT2D eigenvalue weighted by molar-refractivity contribution is -0.274. The molecule has 12 heteroatoms. The van der Waals surface area contributed by atoms with Crippen LogP contribution in [0.25, 0.3) is 0 Å². The maximum absolute atomic E-state index is 12.7. The van der Waals surface area contributed by atoms with Crippen LogP contribution in [0.4, 0.5) is 13.2 Å². The number of amides is 2. The summed E-state index contributed by atoms with van der Waals surface area (Å²) in [6.07, 6.45) is -4.90. The molecule has 0 aromatic heterocycles. The molecule has 0 bridgehead atoms. The van der Waals surface area contributed by atoms with Gasteiger partial charge in [-0.3, -0.25) is 14.8 Å². The minimum Gasteiger partial charge on any atom is -0.406 e. The molecule has 8 nitrogen and oxygen atoms in total. The quantitative estimate of drug-likeness (QED) is 0.159. The van der Waals surface area contributed by atoms with Crippen molar-refractivity contribution in [2.24, 2.45) is 5.92 Å². The highest BCUT2D eigenvalue weighted by atomic mass is 35.5. The van der Waals surface area contributed by atoms with Crippen LogP contribution in [0.15, 0.2) is 48.5 Å². The van der Waals surface area contributed by atoms with Crippen LogP contribution in [0.5, 0.6) is 5.75 Å². The Morgan fingerprint density at radius 2 is 1.83 bits per heavy atom. The van der Waals surface area contributed by atoms with Crippen molar-refractivity contribution in [3.8, 4) is 5.75 Å². The van der Waals surface area contributed by atoms with E-state index in [9.17, 15) is 28.0 Å². The normalized spacial score (nSPS) is 13.1. The van der Waals surface area contributed by atoms with Crippen molar-refractivity contribution in [3.63, 3.8) is 0 Å². The molecule has 2 rings (SSSR count). The number of halogens is 4. The van der Waals surface area contributed by atoms with Gasteiger partial charge in [-0.1, -0.05) is 23.7 Å². The minimum absolute atomic E-state index is 0.00219. The Balaban J connectivity index is 2.17. The number of hydrogen-bond acceptors (Lipinski definition) is 6. The van der Waals surface area contributed by atoms with Gasteiger partial charge in [0, 0.05) is 23.1 Å². The van der Waals surface area contributed by atoms with Gasteiger partial charge in [-0.15, -0.1) is 13.2 Å². The number of carbonyl (C=O) groups excluding carboxylic acids is 2. The molecule has 0 aliphatic heterocycles. The molecule has 2 amide bonds. The molecular weight excluding hydrogens is 493 g/mol. The molecule has 2 aromatic carbocycles. The summed E-state index contributed by atoms with van der Waals surface area (Å²) >= 11 is 5.86. The molecule has 0 saturated carbocycles. The summed E-state index contributed by atoms with van der Waals surface area (Å²) in [5, 5.41) is 12.4. The zero-order valence-electron chi connectivity index (χ0n) is 18.8. The fraction of sp³-hybridized carbons (Fsp3) is 0.391. The van der Waals surface area contributed by atoms with Crippen molar-refractivity contribution in [2.45, 2.75) is 32.2 Å². The summed E-state index contributed by atoms with van der Waals surface area (Å²) in [4.78, 5) is 25.1. The lowest BCUT2D eigenvalue weighted by atomic mass is 9.92. The minimum atomic E-state index is -4.87. The summed E-state index contributed by atoms with van der Waals surface area (Å²) in [6, 6.07) is 10.6. The first kappa shape index (κ1) is 28.4. The van der Waals surface area contributed by atoms with Crippen LogP contribution in [0.1, 0.15) is 29.3 Å². The number of hydrogen-bond donors (Lipinski definition) is 3. The van der Waals surface area contributed by atoms with Gasteiger partial charge in [-0.25, -0.2) is 5.48 Å². The van der Waals surface area contributed by atoms with Gasteiger partial charge < -0.3 is 19.5 Å². The molecule has 2 atom stereocenters. The molecule has 0 aliphatic rings. The Bertz CT molecular complexity index is 959. The Hall–Kier alpha value is -2.86. The van der Waals surface area contributed by atoms with E-state index < -0.39 is 35.9 Å². The highest BCUT2D eigenvalue weighted by molar-refractivity contribution is 6.30. The predicted molar refractivity (Wildman–Crippen MR) is 120 cm³/mol. The van der Waals surface area contributed by atoms with Crippen LogP contribution in [0.2, 0.25) is 5.02 Å². The van der Waals surface area contributed by atoms with Crippen LogP contribution in [0.3, 0.4) is 0 Å². The van der Waals surface area contributed by atoms with Gasteiger partial charge in [0.2, 0.25) is 5.91 Å². The van der Waals surface area contributed by atoms with E-state index in [2.05, 4.69) is 10.1 Å². The number of ether oxygens (including phenoxy) is 3. The Morgan fingerprint density at radius 1 is 1.11 bits per heavy atom. The molecule has 192 valence electrons. The average molecular weight is 519 g/mol. The standard InChI is InChI=1S/C23H26ClF3N2O6/c1-2-33-14-34-13-19(28-21(30)16-6-8-18(24)9-7-16)12-17(22(31)29-32)10-15-4-3-5-20(11-15)35-23(25,26)27/h3-9,11,17,19,32H,2,10,12-14H2,1H3,(H,28,30)(H,29,31)/t17-,19-/m0/s1. The maximum Gasteiger partial charge on any atom is 0.573 e. The number of benzene rings is 2. The van der Waals surface area contributed by atoms with Crippen LogP contribution in [-0.2, 0) is 20.7 Å². The van der Waals surface area contributed by atoms with Crippen molar-refractivity contribution in [2.75, 3.05) is 20.0 Å². The number of rotatable bonds is 13. The Labute approximate surface area is 205 Å². The monoisotopic (exact) mass is 518 g/mol. The SMILES string of the molecule is CCOCOC[C@H](C[C@H](Cc1cccc(OC(F)(F)F)c1)C(=O)NO)NC(=O)c1ccc(Cl)cc1. The van der Waals surface area contributed by atoms with Gasteiger partial charge in [0.25, 0.3) is 5.91 Å². The molecule has 3 N–H and O–H groups in total. The molecule has 0 radical (unpaired) electrons. The number of hydroxylamine groups is 1. The molecule has 0 fully saturated rings. The van der Waals surface area contributed by atoms with Gasteiger partial charge in [-0.2, -0.15) is 0 Å². The van der Waals surface area contributed by atoms with Crippen LogP contribution in [0, 0.1) is 5.92 Å². The summed E-state index contributed by atoms with van der Waals surface area (Å²) in [6.45, 7) is 2.12. The summed E-state index contributed by atoms with van der Waals surface area (Å²) in [5.41, 5.74) is 2.25. The molecule has 35 heavy (non-hydrogen) atoms.